The van der Waals surface area contributed by atoms with E-state index in [0.29, 0.717) is 36.4 Å². The number of benzene rings is 2. The largest absolute Gasteiger partial charge is 0.463 e. The quantitative estimate of drug-likeness (QED) is 0.179. The molecule has 3 aliphatic heterocycles. The van der Waals surface area contributed by atoms with Crippen molar-refractivity contribution in [2.45, 2.75) is 82.7 Å². The van der Waals surface area contributed by atoms with E-state index in [2.05, 4.69) is 18.5 Å². The number of carbonyl (C=O) groups excluding carboxylic acids is 4. The fourth-order valence-electron chi connectivity index (χ4n) is 8.02. The van der Waals surface area contributed by atoms with Gasteiger partial charge >= 0.3 is 5.97 Å². The summed E-state index contributed by atoms with van der Waals surface area (Å²) in [4.78, 5) is 59.7. The Morgan fingerprint density at radius 3 is 2.56 bits per heavy atom. The van der Waals surface area contributed by atoms with Crippen LogP contribution in [0.4, 0.5) is 5.69 Å². The molecule has 3 amide bonds. The normalized spacial score (nSPS) is 25.4. The van der Waals surface area contributed by atoms with Crippen LogP contribution >= 0.6 is 11.6 Å². The highest BCUT2D eigenvalue weighted by Crippen LogP contribution is 2.59. The van der Waals surface area contributed by atoms with Crippen molar-refractivity contribution in [2.75, 3.05) is 24.7 Å². The molecule has 0 radical (unpaired) electrons. The Balaban J connectivity index is 1.53. The Kier molecular flexibility index (Phi) is 11.9. The zero-order valence-corrected chi connectivity index (χ0v) is 29.8. The maximum atomic E-state index is 15.0. The number of esters is 1. The van der Waals surface area contributed by atoms with Gasteiger partial charge in [-0.05, 0) is 49.3 Å². The first-order chi connectivity index (χ1) is 24.0. The SMILES string of the molecule is C=CCCC(=O)OC[C@@H](NC(=O)[C@@H]1[C@H]2C(=O)N([C@@H](CO)[C@@H](C)CC)[C@H](C(=O)N(CC=C)c3c(C)cccc3Cl)[C@]23CC[C@H]1O3)c1ccccc1. The zero-order valence-electron chi connectivity index (χ0n) is 29.1. The second kappa shape index (κ2) is 15.9. The summed E-state index contributed by atoms with van der Waals surface area (Å²) >= 11 is 6.69. The first-order valence-electron chi connectivity index (χ1n) is 17.4. The van der Waals surface area contributed by atoms with Crippen molar-refractivity contribution in [3.8, 4) is 0 Å². The highest BCUT2D eigenvalue weighted by molar-refractivity contribution is 6.34. The van der Waals surface area contributed by atoms with Gasteiger partial charge in [0.2, 0.25) is 11.8 Å². The number of nitrogens with zero attached hydrogens (tertiary/aromatic N) is 2. The molecule has 5 rings (SSSR count). The van der Waals surface area contributed by atoms with Crippen molar-refractivity contribution in [2.24, 2.45) is 17.8 Å². The van der Waals surface area contributed by atoms with Gasteiger partial charge < -0.3 is 29.7 Å². The van der Waals surface area contributed by atoms with Gasteiger partial charge in [0, 0.05) is 13.0 Å². The average molecular weight is 706 g/mol. The van der Waals surface area contributed by atoms with Crippen LogP contribution in [0.3, 0.4) is 0 Å². The molecule has 0 saturated carbocycles. The molecule has 3 fully saturated rings. The number of para-hydroxylation sites is 1. The number of carbonyl (C=O) groups is 4. The lowest BCUT2D eigenvalue weighted by Gasteiger charge is -2.41. The molecule has 2 N–H and O–H groups in total. The molecule has 3 aliphatic rings. The molecule has 0 unspecified atom stereocenters. The summed E-state index contributed by atoms with van der Waals surface area (Å²) in [5, 5.41) is 14.2. The zero-order chi connectivity index (χ0) is 36.2. The number of amides is 3. The number of nitrogens with one attached hydrogen (secondary N) is 1. The number of hydrogen-bond acceptors (Lipinski definition) is 7. The Hall–Kier alpha value is -3.99. The summed E-state index contributed by atoms with van der Waals surface area (Å²) in [7, 11) is 0. The molecular formula is C39H48ClN3O7. The fourth-order valence-corrected chi connectivity index (χ4v) is 8.34. The van der Waals surface area contributed by atoms with Gasteiger partial charge in [-0.25, -0.2) is 0 Å². The number of aliphatic hydroxyl groups excluding tert-OH is 1. The molecule has 3 saturated heterocycles. The molecule has 8 atom stereocenters. The lowest BCUT2D eigenvalue weighted by atomic mass is 9.70. The number of likely N-dealkylation sites (tertiary alicyclic amines) is 1. The van der Waals surface area contributed by atoms with E-state index in [0.717, 1.165) is 11.1 Å². The number of rotatable bonds is 16. The van der Waals surface area contributed by atoms with Crippen molar-refractivity contribution in [3.05, 3.63) is 90.0 Å². The Bertz CT molecular complexity index is 1580. The number of fused-ring (bicyclic) bond motifs is 1. The minimum absolute atomic E-state index is 0.102. The van der Waals surface area contributed by atoms with Crippen LogP contribution in [-0.2, 0) is 28.7 Å². The van der Waals surface area contributed by atoms with E-state index in [-0.39, 0.29) is 32.1 Å². The summed E-state index contributed by atoms with van der Waals surface area (Å²) in [5.74, 6) is -3.69. The van der Waals surface area contributed by atoms with Crippen LogP contribution in [0.5, 0.6) is 0 Å². The molecule has 3 heterocycles. The number of aryl methyl sites for hydroxylation is 1. The molecule has 2 aromatic carbocycles. The van der Waals surface area contributed by atoms with Crippen molar-refractivity contribution < 1.29 is 33.8 Å². The van der Waals surface area contributed by atoms with Gasteiger partial charge in [0.15, 0.2) is 0 Å². The fraction of sp³-hybridized carbons (Fsp3) is 0.487. The number of anilines is 1. The molecule has 10 nitrogen and oxygen atoms in total. The van der Waals surface area contributed by atoms with Gasteiger partial charge in [-0.3, -0.25) is 19.2 Å². The molecular weight excluding hydrogens is 658 g/mol. The minimum atomic E-state index is -1.31. The van der Waals surface area contributed by atoms with Crippen LogP contribution in [0.2, 0.25) is 5.02 Å². The lowest BCUT2D eigenvalue weighted by Crippen LogP contribution is -2.60. The highest BCUT2D eigenvalue weighted by atomic mass is 35.5. The van der Waals surface area contributed by atoms with E-state index < -0.39 is 65.4 Å². The van der Waals surface area contributed by atoms with Crippen LogP contribution < -0.4 is 10.2 Å². The van der Waals surface area contributed by atoms with E-state index in [1.54, 1.807) is 24.3 Å². The number of allylic oxidation sites excluding steroid dienone is 1. The lowest BCUT2D eigenvalue weighted by molar-refractivity contribution is -0.147. The first-order valence-corrected chi connectivity index (χ1v) is 17.8. The molecule has 268 valence electrons. The van der Waals surface area contributed by atoms with Gasteiger partial charge in [0.05, 0.1) is 47.3 Å². The Labute approximate surface area is 299 Å². The second-order valence-corrected chi connectivity index (χ2v) is 14.0. The van der Waals surface area contributed by atoms with Gasteiger partial charge in [0.25, 0.3) is 5.91 Å². The Morgan fingerprint density at radius 1 is 1.18 bits per heavy atom. The third kappa shape index (κ3) is 6.85. The standard InChI is InChI=1S/C39H48ClN3O7/c1-6-9-18-31(45)49-23-28(26-15-11-10-12-16-26)41-36(46)32-30-19-20-39(50-30)33(32)37(47)43(29(22-44)24(4)8-3)35(39)38(48)42(21-7-2)34-25(5)14-13-17-27(34)40/h6-7,10-17,24,28-30,32-33,35,44H,1-2,8-9,18-23H2,3-5H3,(H,41,46)/t24-,28+,29-,30+,32-,33-,35+,39-/m0/s1. The van der Waals surface area contributed by atoms with Gasteiger partial charge in [-0.15, -0.1) is 13.2 Å². The summed E-state index contributed by atoms with van der Waals surface area (Å²) in [6.07, 6.45) is 4.76. The predicted octanol–water partition coefficient (Wildman–Crippen LogP) is 5.32. The highest BCUT2D eigenvalue weighted by Gasteiger charge is 2.75. The van der Waals surface area contributed by atoms with Crippen LogP contribution in [0, 0.1) is 24.7 Å². The summed E-state index contributed by atoms with van der Waals surface area (Å²) < 4.78 is 12.3. The van der Waals surface area contributed by atoms with Gasteiger partial charge in [-0.2, -0.15) is 0 Å². The van der Waals surface area contributed by atoms with E-state index in [1.807, 2.05) is 57.2 Å². The van der Waals surface area contributed by atoms with E-state index in [9.17, 15) is 19.5 Å². The van der Waals surface area contributed by atoms with Crippen LogP contribution in [0.15, 0.2) is 73.8 Å². The van der Waals surface area contributed by atoms with Crippen LogP contribution in [-0.4, -0.2) is 77.2 Å². The van der Waals surface area contributed by atoms with E-state index >= 15 is 4.79 Å². The second-order valence-electron chi connectivity index (χ2n) is 13.6. The smallest absolute Gasteiger partial charge is 0.306 e. The minimum Gasteiger partial charge on any atom is -0.463 e. The van der Waals surface area contributed by atoms with Gasteiger partial charge in [-0.1, -0.05) is 86.5 Å². The third-order valence-electron chi connectivity index (χ3n) is 10.6. The van der Waals surface area contributed by atoms with E-state index in [1.165, 1.54) is 9.80 Å². The summed E-state index contributed by atoms with van der Waals surface area (Å²) in [6, 6.07) is 12.0. The predicted molar refractivity (Wildman–Crippen MR) is 191 cm³/mol. The number of hydrogen-bond donors (Lipinski definition) is 2. The van der Waals surface area contributed by atoms with Gasteiger partial charge in [0.1, 0.15) is 18.2 Å². The molecule has 2 bridgehead atoms. The molecule has 50 heavy (non-hydrogen) atoms. The summed E-state index contributed by atoms with van der Waals surface area (Å²) in [6.45, 7) is 12.9. The molecule has 1 spiro atoms. The van der Waals surface area contributed by atoms with Crippen molar-refractivity contribution in [1.29, 1.82) is 0 Å². The summed E-state index contributed by atoms with van der Waals surface area (Å²) in [5.41, 5.74) is 0.696. The molecule has 11 heteroatoms. The molecule has 0 aliphatic carbocycles. The van der Waals surface area contributed by atoms with E-state index in [4.69, 9.17) is 21.1 Å². The topological polar surface area (TPSA) is 125 Å². The monoisotopic (exact) mass is 705 g/mol. The number of ether oxygens (including phenoxy) is 2. The van der Waals surface area contributed by atoms with Crippen molar-refractivity contribution >= 4 is 41.0 Å². The number of aliphatic hydroxyl groups is 1. The molecule has 0 aromatic heterocycles. The number of halogens is 1. The Morgan fingerprint density at radius 2 is 1.92 bits per heavy atom. The maximum Gasteiger partial charge on any atom is 0.306 e. The average Bonchev–Trinajstić information content (AvgIpc) is 3.76. The van der Waals surface area contributed by atoms with Crippen molar-refractivity contribution in [3.63, 3.8) is 0 Å². The first kappa shape index (κ1) is 37.3. The maximum absolute atomic E-state index is 15.0. The molecule has 2 aromatic rings. The van der Waals surface area contributed by atoms with Crippen LogP contribution in [0.1, 0.15) is 63.1 Å². The third-order valence-corrected chi connectivity index (χ3v) is 10.9. The van der Waals surface area contributed by atoms with Crippen molar-refractivity contribution in [1.82, 2.24) is 10.2 Å². The van der Waals surface area contributed by atoms with Crippen LogP contribution in [0.25, 0.3) is 0 Å².